The maximum Gasteiger partial charge on any atom is 0.411 e. The summed E-state index contributed by atoms with van der Waals surface area (Å²) in [6.45, 7) is 5.55. The van der Waals surface area contributed by atoms with E-state index in [1.165, 1.54) is 0 Å². The predicted octanol–water partition coefficient (Wildman–Crippen LogP) is 4.38. The summed E-state index contributed by atoms with van der Waals surface area (Å²) in [6, 6.07) is 18.9. The topological polar surface area (TPSA) is 58.6 Å². The molecule has 0 unspecified atom stereocenters. The van der Waals surface area contributed by atoms with Gasteiger partial charge in [-0.1, -0.05) is 83.3 Å². The van der Waals surface area contributed by atoms with Crippen molar-refractivity contribution in [3.05, 3.63) is 71.8 Å². The standard InChI is InChI=1S/C24H29IN2O3/c1-24(2,3)30-23(29)27-20(15-18-12-8-5-9-13-18)22(28)26-19(21(27)16-25)14-17-10-6-4-7-11-17/h4-13,19-21H,14-16H2,1-3H3,(H,26,28)/t19-,20-,21+/m0/s1. The van der Waals surface area contributed by atoms with Gasteiger partial charge in [-0.15, -0.1) is 0 Å². The monoisotopic (exact) mass is 520 g/mol. The van der Waals surface area contributed by atoms with Gasteiger partial charge in [-0.3, -0.25) is 9.69 Å². The largest absolute Gasteiger partial charge is 0.444 e. The van der Waals surface area contributed by atoms with Crippen LogP contribution in [0.4, 0.5) is 4.79 Å². The molecule has 3 atom stereocenters. The van der Waals surface area contributed by atoms with Crippen molar-refractivity contribution < 1.29 is 14.3 Å². The minimum absolute atomic E-state index is 0.133. The van der Waals surface area contributed by atoms with E-state index in [-0.39, 0.29) is 18.0 Å². The summed E-state index contributed by atoms with van der Waals surface area (Å²) in [5.41, 5.74) is 1.51. The molecule has 1 saturated heterocycles. The molecule has 1 N–H and O–H groups in total. The van der Waals surface area contributed by atoms with Gasteiger partial charge in [0.15, 0.2) is 0 Å². The molecule has 1 aliphatic rings. The van der Waals surface area contributed by atoms with Crippen LogP contribution in [0.15, 0.2) is 60.7 Å². The van der Waals surface area contributed by atoms with Crippen LogP contribution in [0.2, 0.25) is 0 Å². The van der Waals surface area contributed by atoms with Crippen LogP contribution in [0.3, 0.4) is 0 Å². The molecule has 6 heteroatoms. The first-order chi connectivity index (χ1) is 14.3. The third-order valence-electron chi connectivity index (χ3n) is 5.12. The van der Waals surface area contributed by atoms with Crippen LogP contribution in [0, 0.1) is 0 Å². The van der Waals surface area contributed by atoms with Crippen molar-refractivity contribution >= 4 is 34.6 Å². The molecular weight excluding hydrogens is 491 g/mol. The van der Waals surface area contributed by atoms with E-state index in [4.69, 9.17) is 4.74 Å². The van der Waals surface area contributed by atoms with Crippen molar-refractivity contribution in [1.29, 1.82) is 0 Å². The van der Waals surface area contributed by atoms with Crippen LogP contribution < -0.4 is 5.32 Å². The molecule has 0 spiro atoms. The van der Waals surface area contributed by atoms with Crippen molar-refractivity contribution in [2.75, 3.05) is 4.43 Å². The van der Waals surface area contributed by atoms with Gasteiger partial charge in [0.1, 0.15) is 11.6 Å². The highest BCUT2D eigenvalue weighted by atomic mass is 127. The molecular formula is C24H29IN2O3. The minimum atomic E-state index is -0.632. The molecule has 2 aromatic carbocycles. The Morgan fingerprint density at radius 3 is 2.03 bits per heavy atom. The van der Waals surface area contributed by atoms with Gasteiger partial charge in [0, 0.05) is 10.8 Å². The minimum Gasteiger partial charge on any atom is -0.444 e. The highest BCUT2D eigenvalue weighted by Crippen LogP contribution is 2.26. The van der Waals surface area contributed by atoms with E-state index >= 15 is 0 Å². The van der Waals surface area contributed by atoms with Crippen molar-refractivity contribution in [3.8, 4) is 0 Å². The summed E-state index contributed by atoms with van der Waals surface area (Å²) in [6.07, 6.45) is 0.687. The number of nitrogens with one attached hydrogen (secondary N) is 1. The van der Waals surface area contributed by atoms with Gasteiger partial charge in [-0.25, -0.2) is 4.79 Å². The summed E-state index contributed by atoms with van der Waals surface area (Å²) in [5.74, 6) is -0.133. The molecule has 1 fully saturated rings. The van der Waals surface area contributed by atoms with Crippen molar-refractivity contribution in [1.82, 2.24) is 10.2 Å². The number of hydrogen-bond acceptors (Lipinski definition) is 3. The number of nitrogens with zero attached hydrogens (tertiary/aromatic N) is 1. The fourth-order valence-corrected chi connectivity index (χ4v) is 4.81. The average molecular weight is 520 g/mol. The lowest BCUT2D eigenvalue weighted by atomic mass is 9.92. The molecule has 0 aromatic heterocycles. The zero-order valence-electron chi connectivity index (χ0n) is 17.7. The normalized spacial score (nSPS) is 21.8. The van der Waals surface area contributed by atoms with Crippen LogP contribution in [0.1, 0.15) is 31.9 Å². The number of hydrogen-bond donors (Lipinski definition) is 1. The second-order valence-corrected chi connectivity index (χ2v) is 9.50. The van der Waals surface area contributed by atoms with Crippen molar-refractivity contribution in [3.63, 3.8) is 0 Å². The summed E-state index contributed by atoms with van der Waals surface area (Å²) in [7, 11) is 0. The maximum atomic E-state index is 13.2. The molecule has 3 rings (SSSR count). The number of halogens is 1. The van der Waals surface area contributed by atoms with Crippen LogP contribution in [-0.4, -0.2) is 45.1 Å². The Morgan fingerprint density at radius 1 is 1.00 bits per heavy atom. The highest BCUT2D eigenvalue weighted by molar-refractivity contribution is 14.1. The van der Waals surface area contributed by atoms with Gasteiger partial charge in [-0.2, -0.15) is 0 Å². The van der Waals surface area contributed by atoms with Gasteiger partial charge in [-0.05, 0) is 38.3 Å². The van der Waals surface area contributed by atoms with E-state index < -0.39 is 17.7 Å². The molecule has 2 amide bonds. The summed E-state index contributed by atoms with van der Waals surface area (Å²) >= 11 is 2.30. The molecule has 0 bridgehead atoms. The van der Waals surface area contributed by atoms with Crippen LogP contribution >= 0.6 is 22.6 Å². The van der Waals surface area contributed by atoms with E-state index in [0.717, 1.165) is 11.1 Å². The SMILES string of the molecule is CC(C)(C)OC(=O)N1[C@H](CI)[C@H](Cc2ccccc2)NC(=O)[C@@H]1Cc1ccccc1. The Morgan fingerprint density at radius 2 is 1.53 bits per heavy atom. The third kappa shape index (κ3) is 5.74. The number of benzene rings is 2. The molecule has 0 saturated carbocycles. The Hall–Kier alpha value is -2.09. The second kappa shape index (κ2) is 9.81. The fourth-order valence-electron chi connectivity index (χ4n) is 3.77. The molecule has 0 aliphatic carbocycles. The average Bonchev–Trinajstić information content (AvgIpc) is 2.70. The quantitative estimate of drug-likeness (QED) is 0.471. The molecule has 0 radical (unpaired) electrons. The number of rotatable bonds is 5. The molecule has 1 heterocycles. The van der Waals surface area contributed by atoms with E-state index in [1.807, 2.05) is 81.4 Å². The Balaban J connectivity index is 1.92. The van der Waals surface area contributed by atoms with Crippen LogP contribution in [-0.2, 0) is 22.4 Å². The number of ether oxygens (including phenoxy) is 1. The first kappa shape index (κ1) is 22.6. The number of carbonyl (C=O) groups is 2. The summed E-state index contributed by atoms with van der Waals surface area (Å²) < 4.78 is 6.42. The molecule has 160 valence electrons. The number of piperazine rings is 1. The number of alkyl halides is 1. The molecule has 2 aromatic rings. The molecule has 1 aliphatic heterocycles. The van der Waals surface area contributed by atoms with Crippen molar-refractivity contribution in [2.24, 2.45) is 0 Å². The Kier molecular flexibility index (Phi) is 7.39. The Bertz CT molecular complexity index is 852. The van der Waals surface area contributed by atoms with Crippen LogP contribution in [0.5, 0.6) is 0 Å². The summed E-state index contributed by atoms with van der Waals surface area (Å²) in [4.78, 5) is 28.1. The Labute approximate surface area is 192 Å². The van der Waals surface area contributed by atoms with Gasteiger partial charge in [0.2, 0.25) is 5.91 Å². The lowest BCUT2D eigenvalue weighted by molar-refractivity contribution is -0.132. The van der Waals surface area contributed by atoms with E-state index in [9.17, 15) is 9.59 Å². The second-order valence-electron chi connectivity index (χ2n) is 8.62. The lowest BCUT2D eigenvalue weighted by Gasteiger charge is -2.45. The zero-order chi connectivity index (χ0) is 21.7. The van der Waals surface area contributed by atoms with E-state index in [2.05, 4.69) is 27.9 Å². The van der Waals surface area contributed by atoms with Gasteiger partial charge in [0.05, 0.1) is 12.1 Å². The lowest BCUT2D eigenvalue weighted by Crippen LogP contribution is -2.68. The fraction of sp³-hybridized carbons (Fsp3) is 0.417. The molecule has 30 heavy (non-hydrogen) atoms. The van der Waals surface area contributed by atoms with Gasteiger partial charge < -0.3 is 10.1 Å². The summed E-state index contributed by atoms with van der Waals surface area (Å²) in [5, 5.41) is 3.19. The third-order valence-corrected chi connectivity index (χ3v) is 6.02. The first-order valence-electron chi connectivity index (χ1n) is 10.2. The zero-order valence-corrected chi connectivity index (χ0v) is 19.8. The number of amides is 2. The predicted molar refractivity (Wildman–Crippen MR) is 127 cm³/mol. The maximum absolute atomic E-state index is 13.2. The van der Waals surface area contributed by atoms with Crippen LogP contribution in [0.25, 0.3) is 0 Å². The number of carbonyl (C=O) groups excluding carboxylic acids is 2. The van der Waals surface area contributed by atoms with E-state index in [1.54, 1.807) is 4.90 Å². The van der Waals surface area contributed by atoms with Crippen molar-refractivity contribution in [2.45, 2.75) is 57.3 Å². The highest BCUT2D eigenvalue weighted by Gasteiger charge is 2.45. The molecule has 5 nitrogen and oxygen atoms in total. The van der Waals surface area contributed by atoms with Gasteiger partial charge in [0.25, 0.3) is 0 Å². The first-order valence-corrected chi connectivity index (χ1v) is 11.8. The van der Waals surface area contributed by atoms with Gasteiger partial charge >= 0.3 is 6.09 Å². The van der Waals surface area contributed by atoms with E-state index in [0.29, 0.717) is 17.3 Å². The smallest absolute Gasteiger partial charge is 0.411 e.